The third kappa shape index (κ3) is 1.07. The van der Waals surface area contributed by atoms with Gasteiger partial charge in [-0.05, 0) is 35.6 Å². The quantitative estimate of drug-likeness (QED) is 0.719. The third-order valence-electron chi connectivity index (χ3n) is 4.32. The smallest absolute Gasteiger partial charge is 0.0672 e. The van der Waals surface area contributed by atoms with Crippen molar-refractivity contribution in [1.82, 2.24) is 5.32 Å². The molecule has 1 heteroatoms. The van der Waals surface area contributed by atoms with Gasteiger partial charge < -0.3 is 0 Å². The van der Waals surface area contributed by atoms with Crippen molar-refractivity contribution in [2.24, 2.45) is 0 Å². The van der Waals surface area contributed by atoms with Gasteiger partial charge in [0, 0.05) is 6.04 Å². The van der Waals surface area contributed by atoms with E-state index in [2.05, 4.69) is 60.8 Å². The van der Waals surface area contributed by atoms with Crippen LogP contribution in [0.25, 0.3) is 0 Å². The Morgan fingerprint density at radius 2 is 1.71 bits per heavy atom. The van der Waals surface area contributed by atoms with E-state index in [0.717, 1.165) is 6.42 Å². The van der Waals surface area contributed by atoms with Crippen LogP contribution in [0.15, 0.2) is 48.5 Å². The number of nitrogens with one attached hydrogen (secondary N) is 1. The van der Waals surface area contributed by atoms with E-state index in [1.54, 1.807) is 0 Å². The Bertz CT molecular complexity index is 589. The SMILES string of the molecule is [11CH3][C@]12N[C@H](Cc3ccccc31)c1ccccc12. The Kier molecular flexibility index (Phi) is 1.66. The minimum Gasteiger partial charge on any atom is -0.297 e. The first kappa shape index (κ1) is 9.43. The predicted molar refractivity (Wildman–Crippen MR) is 68.9 cm³/mol. The highest BCUT2D eigenvalue weighted by Crippen LogP contribution is 2.47. The first-order valence-corrected chi connectivity index (χ1v) is 6.24. The lowest BCUT2D eigenvalue weighted by atomic mass is 9.71. The summed E-state index contributed by atoms with van der Waals surface area (Å²) >= 11 is 0. The molecule has 0 saturated heterocycles. The molecule has 17 heavy (non-hydrogen) atoms. The van der Waals surface area contributed by atoms with Gasteiger partial charge in [0.25, 0.3) is 0 Å². The summed E-state index contributed by atoms with van der Waals surface area (Å²) in [6, 6.07) is 18.2. The number of hydrogen-bond acceptors (Lipinski definition) is 1. The van der Waals surface area contributed by atoms with E-state index < -0.39 is 0 Å². The number of rotatable bonds is 0. The summed E-state index contributed by atoms with van der Waals surface area (Å²) < 4.78 is 0. The van der Waals surface area contributed by atoms with Crippen LogP contribution in [0.5, 0.6) is 0 Å². The maximum atomic E-state index is 3.79. The second kappa shape index (κ2) is 2.99. The van der Waals surface area contributed by atoms with E-state index in [1.807, 2.05) is 0 Å². The molecule has 84 valence electrons. The van der Waals surface area contributed by atoms with Crippen LogP contribution in [0.3, 0.4) is 0 Å². The highest BCUT2D eigenvalue weighted by Gasteiger charge is 2.45. The van der Waals surface area contributed by atoms with Gasteiger partial charge in [-0.2, -0.15) is 0 Å². The summed E-state index contributed by atoms with van der Waals surface area (Å²) in [5.74, 6) is 0. The monoisotopic (exact) mass is 220 g/mol. The Morgan fingerprint density at radius 3 is 2.59 bits per heavy atom. The zero-order valence-corrected chi connectivity index (χ0v) is 9.90. The first-order chi connectivity index (χ1) is 8.29. The Balaban J connectivity index is 2.05. The number of fused-ring (bicyclic) bond motifs is 7. The van der Waals surface area contributed by atoms with Gasteiger partial charge in [0.05, 0.1) is 5.54 Å². The van der Waals surface area contributed by atoms with Crippen molar-refractivity contribution in [2.75, 3.05) is 0 Å². The molecule has 0 unspecified atom stereocenters. The van der Waals surface area contributed by atoms with Gasteiger partial charge in [0.1, 0.15) is 0 Å². The molecule has 2 bridgehead atoms. The van der Waals surface area contributed by atoms with Crippen LogP contribution in [0, 0.1) is 0 Å². The molecule has 0 amide bonds. The maximum absolute atomic E-state index is 3.79. The molecule has 2 aliphatic heterocycles. The van der Waals surface area contributed by atoms with Crippen LogP contribution in [-0.2, 0) is 12.0 Å². The van der Waals surface area contributed by atoms with Crippen LogP contribution >= 0.6 is 0 Å². The Morgan fingerprint density at radius 1 is 1.00 bits per heavy atom. The summed E-state index contributed by atoms with van der Waals surface area (Å²) in [7, 11) is 0. The largest absolute Gasteiger partial charge is 0.297 e. The topological polar surface area (TPSA) is 12.0 Å². The molecule has 0 radical (unpaired) electrons. The minimum absolute atomic E-state index is 0.0100. The molecular weight excluding hydrogens is 205 g/mol. The molecule has 0 spiro atoms. The summed E-state index contributed by atoms with van der Waals surface area (Å²) in [5.41, 5.74) is 5.88. The summed E-state index contributed by atoms with van der Waals surface area (Å²) in [4.78, 5) is 0. The lowest BCUT2D eigenvalue weighted by molar-refractivity contribution is 0.389. The lowest BCUT2D eigenvalue weighted by Crippen LogP contribution is -2.41. The van der Waals surface area contributed by atoms with Gasteiger partial charge in [-0.1, -0.05) is 48.5 Å². The van der Waals surface area contributed by atoms with Crippen molar-refractivity contribution in [3.05, 3.63) is 70.8 Å². The normalized spacial score (nSPS) is 28.6. The van der Waals surface area contributed by atoms with E-state index >= 15 is 0 Å². The van der Waals surface area contributed by atoms with Crippen molar-refractivity contribution in [3.63, 3.8) is 0 Å². The van der Waals surface area contributed by atoms with Crippen LogP contribution in [-0.4, -0.2) is 0 Å². The van der Waals surface area contributed by atoms with E-state index in [9.17, 15) is 0 Å². The molecule has 1 nitrogen and oxygen atoms in total. The summed E-state index contributed by atoms with van der Waals surface area (Å²) in [6.07, 6.45) is 1.11. The molecule has 2 aromatic rings. The number of benzene rings is 2. The lowest BCUT2D eigenvalue weighted by Gasteiger charge is -2.34. The zero-order valence-electron chi connectivity index (χ0n) is 9.90. The van der Waals surface area contributed by atoms with E-state index in [4.69, 9.17) is 0 Å². The van der Waals surface area contributed by atoms with Crippen LogP contribution in [0.1, 0.15) is 35.2 Å². The van der Waals surface area contributed by atoms with Crippen molar-refractivity contribution < 1.29 is 0 Å². The molecule has 0 aromatic heterocycles. The Hall–Kier alpha value is -1.60. The molecule has 2 aromatic carbocycles. The van der Waals surface area contributed by atoms with Gasteiger partial charge >= 0.3 is 0 Å². The average molecular weight is 220 g/mol. The van der Waals surface area contributed by atoms with Crippen LogP contribution in [0.4, 0.5) is 0 Å². The second-order valence-electron chi connectivity index (χ2n) is 5.27. The molecule has 4 rings (SSSR count). The first-order valence-electron chi connectivity index (χ1n) is 6.24. The van der Waals surface area contributed by atoms with Gasteiger partial charge in [0.15, 0.2) is 0 Å². The van der Waals surface area contributed by atoms with Gasteiger partial charge in [-0.3, -0.25) is 5.32 Å². The van der Waals surface area contributed by atoms with E-state index in [-0.39, 0.29) is 5.54 Å². The van der Waals surface area contributed by atoms with E-state index in [1.165, 1.54) is 22.3 Å². The molecule has 0 saturated carbocycles. The fourth-order valence-electron chi connectivity index (χ4n) is 3.55. The predicted octanol–water partition coefficient (Wildman–Crippen LogP) is 3.15. The van der Waals surface area contributed by atoms with Crippen molar-refractivity contribution in [2.45, 2.75) is 24.9 Å². The fourth-order valence-corrected chi connectivity index (χ4v) is 3.55. The van der Waals surface area contributed by atoms with Gasteiger partial charge in [-0.25, -0.2) is 0 Å². The highest BCUT2D eigenvalue weighted by molar-refractivity contribution is 5.54. The van der Waals surface area contributed by atoms with Crippen molar-refractivity contribution in [1.29, 1.82) is 0 Å². The molecule has 2 aliphatic rings. The van der Waals surface area contributed by atoms with Crippen LogP contribution in [0.2, 0.25) is 0 Å². The van der Waals surface area contributed by atoms with Crippen molar-refractivity contribution in [3.8, 4) is 0 Å². The standard InChI is InChI=1S/C16H15N/c1-16-13-8-4-2-6-11(13)10-15(17-16)12-7-3-5-9-14(12)16/h2-9,15,17H,10H2,1H3/t15-,16+/m1/s1/i1-1. The molecule has 2 heterocycles. The maximum Gasteiger partial charge on any atom is 0.0672 e. The Labute approximate surface area is 101 Å². The van der Waals surface area contributed by atoms with Crippen molar-refractivity contribution >= 4 is 0 Å². The molecular formula is C16H15N. The number of hydrogen-bond donors (Lipinski definition) is 1. The second-order valence-corrected chi connectivity index (χ2v) is 5.27. The van der Waals surface area contributed by atoms with E-state index in [0.29, 0.717) is 6.04 Å². The minimum atomic E-state index is 0.0100. The average Bonchev–Trinajstić information content (AvgIpc) is 2.61. The summed E-state index contributed by atoms with van der Waals surface area (Å²) in [6.45, 7) is 2.31. The zero-order chi connectivity index (χ0) is 11.5. The third-order valence-corrected chi connectivity index (χ3v) is 4.32. The molecule has 0 fully saturated rings. The summed E-state index contributed by atoms with van der Waals surface area (Å²) in [5, 5.41) is 3.79. The fraction of sp³-hybridized carbons (Fsp3) is 0.250. The molecule has 1 N–H and O–H groups in total. The molecule has 2 atom stereocenters. The highest BCUT2D eigenvalue weighted by atomic mass is 15.0. The van der Waals surface area contributed by atoms with Gasteiger partial charge in [0.2, 0.25) is 0 Å². The van der Waals surface area contributed by atoms with Crippen LogP contribution < -0.4 is 5.32 Å². The molecule has 0 aliphatic carbocycles. The van der Waals surface area contributed by atoms with Gasteiger partial charge in [-0.15, -0.1) is 0 Å².